The van der Waals surface area contributed by atoms with E-state index in [2.05, 4.69) is 6.58 Å². The minimum absolute atomic E-state index is 0.207. The fourth-order valence-corrected chi connectivity index (χ4v) is 1.47. The third kappa shape index (κ3) is 3.61. The topological polar surface area (TPSA) is 44.8 Å². The van der Waals surface area contributed by atoms with Gasteiger partial charge in [-0.05, 0) is 13.3 Å². The van der Waals surface area contributed by atoms with Gasteiger partial charge in [0.2, 0.25) is 0 Å². The first-order valence-electron chi connectivity index (χ1n) is 5.58. The van der Waals surface area contributed by atoms with Crippen LogP contribution in [0.2, 0.25) is 0 Å². The fourth-order valence-electron chi connectivity index (χ4n) is 1.47. The minimum atomic E-state index is -0.350. The zero-order chi connectivity index (χ0) is 12.0. The average molecular weight is 228 g/mol. The average Bonchev–Trinajstić information content (AvgIpc) is 2.52. The van der Waals surface area contributed by atoms with E-state index in [0.29, 0.717) is 38.6 Å². The molecule has 0 aromatic carbocycles. The van der Waals surface area contributed by atoms with Gasteiger partial charge in [0.25, 0.3) is 0 Å². The summed E-state index contributed by atoms with van der Waals surface area (Å²) in [7, 11) is 0. The lowest BCUT2D eigenvalue weighted by atomic mass is 9.88. The third-order valence-electron chi connectivity index (χ3n) is 2.80. The van der Waals surface area contributed by atoms with Gasteiger partial charge in [-0.25, -0.2) is 4.79 Å². The van der Waals surface area contributed by atoms with Crippen LogP contribution in [0.1, 0.15) is 20.3 Å². The zero-order valence-electron chi connectivity index (χ0n) is 10.1. The summed E-state index contributed by atoms with van der Waals surface area (Å²) in [5.41, 5.74) is 0.212. The van der Waals surface area contributed by atoms with Crippen LogP contribution in [0.4, 0.5) is 0 Å². The molecule has 16 heavy (non-hydrogen) atoms. The Kier molecular flexibility index (Phi) is 4.96. The molecule has 0 aromatic heterocycles. The van der Waals surface area contributed by atoms with E-state index in [9.17, 15) is 4.79 Å². The van der Waals surface area contributed by atoms with Gasteiger partial charge in [0.1, 0.15) is 6.61 Å². The van der Waals surface area contributed by atoms with Gasteiger partial charge in [-0.1, -0.05) is 13.5 Å². The van der Waals surface area contributed by atoms with E-state index < -0.39 is 0 Å². The van der Waals surface area contributed by atoms with Crippen molar-refractivity contribution in [2.45, 2.75) is 20.3 Å². The number of hydrogen-bond donors (Lipinski definition) is 0. The van der Waals surface area contributed by atoms with Crippen molar-refractivity contribution in [3.8, 4) is 0 Å². The normalized spacial score (nSPS) is 19.9. The van der Waals surface area contributed by atoms with Gasteiger partial charge < -0.3 is 14.2 Å². The second-order valence-electron chi connectivity index (χ2n) is 4.32. The van der Waals surface area contributed by atoms with Crippen LogP contribution in [0, 0.1) is 5.41 Å². The first-order chi connectivity index (χ1) is 7.59. The molecule has 4 heteroatoms. The largest absolute Gasteiger partial charge is 0.462 e. The summed E-state index contributed by atoms with van der Waals surface area (Å²) in [6, 6.07) is 0. The second-order valence-corrected chi connectivity index (χ2v) is 4.32. The lowest BCUT2D eigenvalue weighted by molar-refractivity contribution is -0.145. The van der Waals surface area contributed by atoms with Gasteiger partial charge in [-0.2, -0.15) is 0 Å². The van der Waals surface area contributed by atoms with Gasteiger partial charge in [0.05, 0.1) is 31.8 Å². The highest BCUT2D eigenvalue weighted by Gasteiger charge is 2.32. The van der Waals surface area contributed by atoms with Gasteiger partial charge in [0, 0.05) is 5.57 Å². The van der Waals surface area contributed by atoms with Gasteiger partial charge in [-0.15, -0.1) is 0 Å². The molecule has 1 heterocycles. The maximum Gasteiger partial charge on any atom is 0.333 e. The first-order valence-corrected chi connectivity index (χ1v) is 5.58. The molecule has 0 spiro atoms. The Labute approximate surface area is 96.6 Å². The molecule has 1 rings (SSSR count). The lowest BCUT2D eigenvalue weighted by Gasteiger charge is -2.29. The highest BCUT2D eigenvalue weighted by atomic mass is 16.6. The zero-order valence-corrected chi connectivity index (χ0v) is 10.1. The van der Waals surface area contributed by atoms with Gasteiger partial charge >= 0.3 is 5.97 Å². The monoisotopic (exact) mass is 228 g/mol. The van der Waals surface area contributed by atoms with Crippen molar-refractivity contribution >= 4 is 5.97 Å². The van der Waals surface area contributed by atoms with Crippen LogP contribution in [0.3, 0.4) is 0 Å². The molecule has 0 amide bonds. The third-order valence-corrected chi connectivity index (χ3v) is 2.80. The minimum Gasteiger partial charge on any atom is -0.462 e. The molecule has 1 aliphatic rings. The van der Waals surface area contributed by atoms with Crippen molar-refractivity contribution in [2.24, 2.45) is 5.41 Å². The van der Waals surface area contributed by atoms with Gasteiger partial charge in [-0.3, -0.25) is 0 Å². The van der Waals surface area contributed by atoms with Crippen molar-refractivity contribution in [1.29, 1.82) is 0 Å². The molecule has 1 aliphatic heterocycles. The molecule has 0 saturated carbocycles. The molecule has 1 saturated heterocycles. The predicted octanol–water partition coefficient (Wildman–Crippen LogP) is 1.55. The van der Waals surface area contributed by atoms with E-state index in [1.54, 1.807) is 6.92 Å². The predicted molar refractivity (Wildman–Crippen MR) is 60.1 cm³/mol. The second kappa shape index (κ2) is 6.01. The molecule has 0 unspecified atom stereocenters. The number of hydrogen-bond acceptors (Lipinski definition) is 4. The number of esters is 1. The Balaban J connectivity index is 2.51. The molecule has 1 fully saturated rings. The Morgan fingerprint density at radius 2 is 1.94 bits per heavy atom. The highest BCUT2D eigenvalue weighted by Crippen LogP contribution is 2.25. The van der Waals surface area contributed by atoms with Crippen molar-refractivity contribution in [3.05, 3.63) is 12.2 Å². The highest BCUT2D eigenvalue weighted by molar-refractivity contribution is 5.86. The molecular formula is C12H20O4. The molecule has 0 radical (unpaired) electrons. The summed E-state index contributed by atoms with van der Waals surface area (Å²) < 4.78 is 16.1. The molecule has 4 nitrogen and oxygen atoms in total. The maximum atomic E-state index is 11.3. The van der Waals surface area contributed by atoms with Crippen molar-refractivity contribution in [3.63, 3.8) is 0 Å². The lowest BCUT2D eigenvalue weighted by Crippen LogP contribution is -2.36. The van der Waals surface area contributed by atoms with E-state index in [-0.39, 0.29) is 11.4 Å². The summed E-state index contributed by atoms with van der Waals surface area (Å²) >= 11 is 0. The molecule has 0 aromatic rings. The maximum absolute atomic E-state index is 11.3. The van der Waals surface area contributed by atoms with Crippen LogP contribution in [0.25, 0.3) is 0 Å². The molecule has 0 atom stereocenters. The van der Waals surface area contributed by atoms with E-state index in [1.165, 1.54) is 0 Å². The molecular weight excluding hydrogens is 208 g/mol. The van der Waals surface area contributed by atoms with Crippen LogP contribution in [-0.2, 0) is 19.0 Å². The van der Waals surface area contributed by atoms with Crippen LogP contribution in [0.15, 0.2) is 12.2 Å². The summed E-state index contributed by atoms with van der Waals surface area (Å²) in [6.45, 7) is 9.93. The van der Waals surface area contributed by atoms with Crippen molar-refractivity contribution in [2.75, 3.05) is 33.0 Å². The van der Waals surface area contributed by atoms with Gasteiger partial charge in [0.15, 0.2) is 0 Å². The van der Waals surface area contributed by atoms with Crippen LogP contribution >= 0.6 is 0 Å². The summed E-state index contributed by atoms with van der Waals surface area (Å²) in [6.07, 6.45) is 0.858. The Hall–Kier alpha value is -0.870. The number of carbonyl (C=O) groups excluding carboxylic acids is 1. The fraction of sp³-hybridized carbons (Fsp3) is 0.750. The summed E-state index contributed by atoms with van der Waals surface area (Å²) in [4.78, 5) is 11.3. The quantitative estimate of drug-likeness (QED) is 0.541. The molecule has 92 valence electrons. The van der Waals surface area contributed by atoms with Crippen LogP contribution in [-0.4, -0.2) is 39.0 Å². The molecule has 0 aliphatic carbocycles. The standard InChI is InChI=1S/C12H20O4/c1-4-12(7-14-5-6-15-8-12)9-16-11(13)10(2)3/h2,4-9H2,1,3H3. The van der Waals surface area contributed by atoms with E-state index >= 15 is 0 Å². The van der Waals surface area contributed by atoms with E-state index in [4.69, 9.17) is 14.2 Å². The Morgan fingerprint density at radius 1 is 1.38 bits per heavy atom. The number of rotatable bonds is 4. The molecule has 0 N–H and O–H groups in total. The van der Waals surface area contributed by atoms with E-state index in [0.717, 1.165) is 6.42 Å². The Bertz CT molecular complexity index is 252. The van der Waals surface area contributed by atoms with Crippen LogP contribution in [0.5, 0.6) is 0 Å². The first kappa shape index (κ1) is 13.2. The Morgan fingerprint density at radius 3 is 2.38 bits per heavy atom. The van der Waals surface area contributed by atoms with E-state index in [1.807, 2.05) is 6.92 Å². The smallest absolute Gasteiger partial charge is 0.333 e. The summed E-state index contributed by atoms with van der Waals surface area (Å²) in [5.74, 6) is -0.350. The SMILES string of the molecule is C=C(C)C(=O)OCC1(CC)COCCOC1. The van der Waals surface area contributed by atoms with Crippen molar-refractivity contribution in [1.82, 2.24) is 0 Å². The number of ether oxygens (including phenoxy) is 3. The molecule has 0 bridgehead atoms. The summed E-state index contributed by atoms with van der Waals surface area (Å²) in [5, 5.41) is 0. The number of carbonyl (C=O) groups is 1. The van der Waals surface area contributed by atoms with Crippen molar-refractivity contribution < 1.29 is 19.0 Å². The van der Waals surface area contributed by atoms with Crippen LogP contribution < -0.4 is 0 Å².